The molecule has 0 radical (unpaired) electrons. The van der Waals surface area contributed by atoms with Crippen LogP contribution in [0.15, 0.2) is 16.5 Å². The Morgan fingerprint density at radius 1 is 1.56 bits per heavy atom. The van der Waals surface area contributed by atoms with E-state index in [-0.39, 0.29) is 6.04 Å². The summed E-state index contributed by atoms with van der Waals surface area (Å²) in [4.78, 5) is 0. The Balaban J connectivity index is 1.98. The monoisotopic (exact) mass is 222 g/mol. The average molecular weight is 222 g/mol. The van der Waals surface area contributed by atoms with Crippen molar-refractivity contribution in [1.29, 1.82) is 0 Å². The Labute approximate surface area is 97.4 Å². The highest BCUT2D eigenvalue weighted by atomic mass is 16.3. The van der Waals surface area contributed by atoms with Crippen LogP contribution in [0, 0.1) is 5.92 Å². The summed E-state index contributed by atoms with van der Waals surface area (Å²) in [7, 11) is 0. The normalized spacial score (nSPS) is 25.7. The molecule has 0 spiro atoms. The van der Waals surface area contributed by atoms with Crippen LogP contribution in [0.3, 0.4) is 0 Å². The zero-order chi connectivity index (χ0) is 11.5. The second-order valence-corrected chi connectivity index (χ2v) is 4.80. The van der Waals surface area contributed by atoms with Crippen LogP contribution in [0.4, 0.5) is 0 Å². The van der Waals surface area contributed by atoms with Gasteiger partial charge in [-0.1, -0.05) is 13.8 Å². The van der Waals surface area contributed by atoms with Crippen LogP contribution in [-0.2, 0) is 0 Å². The highest BCUT2D eigenvalue weighted by Gasteiger charge is 2.36. The molecule has 0 aliphatic heterocycles. The number of nitrogens with two attached hydrogens (primary N) is 1. The van der Waals surface area contributed by atoms with Crippen LogP contribution in [-0.4, -0.2) is 13.1 Å². The number of nitrogens with one attached hydrogen (secondary N) is 1. The van der Waals surface area contributed by atoms with Gasteiger partial charge in [-0.05, 0) is 37.4 Å². The number of hydrogen-bond donors (Lipinski definition) is 2. The molecule has 90 valence electrons. The Kier molecular flexibility index (Phi) is 3.66. The zero-order valence-corrected chi connectivity index (χ0v) is 10.2. The highest BCUT2D eigenvalue weighted by molar-refractivity contribution is 5.19. The van der Waals surface area contributed by atoms with Crippen molar-refractivity contribution >= 4 is 0 Å². The van der Waals surface area contributed by atoms with Crippen molar-refractivity contribution in [2.75, 3.05) is 13.1 Å². The van der Waals surface area contributed by atoms with Crippen LogP contribution in [0.25, 0.3) is 0 Å². The Morgan fingerprint density at radius 2 is 2.31 bits per heavy atom. The van der Waals surface area contributed by atoms with Crippen molar-refractivity contribution in [3.63, 3.8) is 0 Å². The van der Waals surface area contributed by atoms with Gasteiger partial charge in [0.25, 0.3) is 0 Å². The zero-order valence-electron chi connectivity index (χ0n) is 10.2. The lowest BCUT2D eigenvalue weighted by molar-refractivity contribution is 0.394. The van der Waals surface area contributed by atoms with E-state index in [4.69, 9.17) is 10.2 Å². The van der Waals surface area contributed by atoms with Crippen LogP contribution in [0.5, 0.6) is 0 Å². The molecule has 3 N–H and O–H groups in total. The van der Waals surface area contributed by atoms with Crippen molar-refractivity contribution in [3.05, 3.63) is 23.7 Å². The first-order valence-corrected chi connectivity index (χ1v) is 6.29. The minimum absolute atomic E-state index is 0.169. The SMILES string of the molecule is CCCNC(CN)c1ccc(C2CC2C)o1. The molecule has 1 aromatic rings. The van der Waals surface area contributed by atoms with Crippen LogP contribution in [0.1, 0.15) is 50.2 Å². The van der Waals surface area contributed by atoms with Crippen LogP contribution < -0.4 is 11.1 Å². The maximum atomic E-state index is 5.89. The summed E-state index contributed by atoms with van der Waals surface area (Å²) >= 11 is 0. The van der Waals surface area contributed by atoms with Crippen molar-refractivity contribution in [2.24, 2.45) is 11.7 Å². The largest absolute Gasteiger partial charge is 0.464 e. The second-order valence-electron chi connectivity index (χ2n) is 4.80. The van der Waals surface area contributed by atoms with E-state index in [1.54, 1.807) is 0 Å². The summed E-state index contributed by atoms with van der Waals surface area (Å²) in [6, 6.07) is 4.35. The molecule has 0 amide bonds. The Hall–Kier alpha value is -0.800. The fourth-order valence-electron chi connectivity index (χ4n) is 2.09. The third-order valence-electron chi connectivity index (χ3n) is 3.34. The van der Waals surface area contributed by atoms with E-state index in [1.807, 2.05) is 0 Å². The van der Waals surface area contributed by atoms with Gasteiger partial charge in [0.05, 0.1) is 6.04 Å². The molecular weight excluding hydrogens is 200 g/mol. The third kappa shape index (κ3) is 2.47. The van der Waals surface area contributed by atoms with E-state index in [9.17, 15) is 0 Å². The topological polar surface area (TPSA) is 51.2 Å². The van der Waals surface area contributed by atoms with Gasteiger partial charge in [-0.2, -0.15) is 0 Å². The maximum absolute atomic E-state index is 5.89. The van der Waals surface area contributed by atoms with Gasteiger partial charge >= 0.3 is 0 Å². The lowest BCUT2D eigenvalue weighted by Crippen LogP contribution is -2.28. The quantitative estimate of drug-likeness (QED) is 0.777. The fourth-order valence-corrected chi connectivity index (χ4v) is 2.09. The van der Waals surface area contributed by atoms with E-state index in [0.717, 1.165) is 30.4 Å². The van der Waals surface area contributed by atoms with Crippen molar-refractivity contribution < 1.29 is 4.42 Å². The van der Waals surface area contributed by atoms with Gasteiger partial charge in [-0.3, -0.25) is 0 Å². The summed E-state index contributed by atoms with van der Waals surface area (Å²) in [5.74, 6) is 3.57. The average Bonchev–Trinajstić information content (AvgIpc) is 2.82. The summed E-state index contributed by atoms with van der Waals surface area (Å²) in [5.41, 5.74) is 5.75. The van der Waals surface area contributed by atoms with Crippen LogP contribution in [0.2, 0.25) is 0 Å². The molecule has 1 aromatic heterocycles. The first kappa shape index (κ1) is 11.7. The smallest absolute Gasteiger partial charge is 0.122 e. The van der Waals surface area contributed by atoms with E-state index in [1.165, 1.54) is 6.42 Å². The minimum Gasteiger partial charge on any atom is -0.464 e. The molecule has 0 saturated heterocycles. The van der Waals surface area contributed by atoms with Crippen molar-refractivity contribution in [3.8, 4) is 0 Å². The van der Waals surface area contributed by atoms with Crippen molar-refractivity contribution in [1.82, 2.24) is 5.32 Å². The van der Waals surface area contributed by atoms with Gasteiger partial charge < -0.3 is 15.5 Å². The molecule has 0 aromatic carbocycles. The first-order valence-electron chi connectivity index (χ1n) is 6.29. The molecule has 3 heteroatoms. The molecule has 3 unspecified atom stereocenters. The lowest BCUT2D eigenvalue weighted by atomic mass is 10.2. The van der Waals surface area contributed by atoms with E-state index in [2.05, 4.69) is 31.3 Å². The lowest BCUT2D eigenvalue weighted by Gasteiger charge is -2.13. The fraction of sp³-hybridized carbons (Fsp3) is 0.692. The highest BCUT2D eigenvalue weighted by Crippen LogP contribution is 2.47. The predicted molar refractivity (Wildman–Crippen MR) is 65.3 cm³/mol. The summed E-state index contributed by atoms with van der Waals surface area (Å²) in [6.07, 6.45) is 2.38. The van der Waals surface area contributed by atoms with Gasteiger partial charge in [-0.25, -0.2) is 0 Å². The summed E-state index contributed by atoms with van der Waals surface area (Å²) in [5, 5.41) is 3.40. The molecule has 1 fully saturated rings. The van der Waals surface area contributed by atoms with Crippen LogP contribution >= 0.6 is 0 Å². The number of rotatable bonds is 6. The minimum atomic E-state index is 0.169. The van der Waals surface area contributed by atoms with Gasteiger partial charge in [0, 0.05) is 12.5 Å². The van der Waals surface area contributed by atoms with Crippen molar-refractivity contribution in [2.45, 2.75) is 38.6 Å². The molecular formula is C13H22N2O. The number of hydrogen-bond acceptors (Lipinski definition) is 3. The first-order chi connectivity index (χ1) is 7.76. The summed E-state index contributed by atoms with van der Waals surface area (Å²) in [6.45, 7) is 5.99. The van der Waals surface area contributed by atoms with Gasteiger partial charge in [0.1, 0.15) is 11.5 Å². The second kappa shape index (κ2) is 5.02. The number of furan rings is 1. The van der Waals surface area contributed by atoms with E-state index in [0.29, 0.717) is 12.5 Å². The molecule has 2 rings (SSSR count). The standard InChI is InChI=1S/C13H22N2O/c1-3-6-15-11(8-14)13-5-4-12(16-13)10-7-9(10)2/h4-5,9-11,15H,3,6-8,14H2,1-2H3. The summed E-state index contributed by atoms with van der Waals surface area (Å²) < 4.78 is 5.89. The van der Waals surface area contributed by atoms with Gasteiger partial charge in [0.2, 0.25) is 0 Å². The molecule has 1 heterocycles. The Morgan fingerprint density at radius 3 is 2.88 bits per heavy atom. The molecule has 0 bridgehead atoms. The molecule has 16 heavy (non-hydrogen) atoms. The van der Waals surface area contributed by atoms with Gasteiger partial charge in [0.15, 0.2) is 0 Å². The van der Waals surface area contributed by atoms with Gasteiger partial charge in [-0.15, -0.1) is 0 Å². The predicted octanol–water partition coefficient (Wildman–Crippen LogP) is 2.40. The molecule has 1 aliphatic rings. The van der Waals surface area contributed by atoms with E-state index < -0.39 is 0 Å². The van der Waals surface area contributed by atoms with E-state index >= 15 is 0 Å². The maximum Gasteiger partial charge on any atom is 0.122 e. The molecule has 3 nitrogen and oxygen atoms in total. The molecule has 1 saturated carbocycles. The third-order valence-corrected chi connectivity index (χ3v) is 3.34. The Bertz CT molecular complexity index is 334. The molecule has 3 atom stereocenters. The molecule has 1 aliphatic carbocycles.